The van der Waals surface area contributed by atoms with Crippen LogP contribution < -0.4 is 5.32 Å². The van der Waals surface area contributed by atoms with Gasteiger partial charge in [0.2, 0.25) is 10.0 Å². The van der Waals surface area contributed by atoms with Gasteiger partial charge in [-0.1, -0.05) is 13.8 Å². The molecule has 180 valence electrons. The Morgan fingerprint density at radius 1 is 1.03 bits per heavy atom. The van der Waals surface area contributed by atoms with Gasteiger partial charge in [-0.3, -0.25) is 19.3 Å². The van der Waals surface area contributed by atoms with E-state index < -0.39 is 51.7 Å². The van der Waals surface area contributed by atoms with Crippen molar-refractivity contribution < 1.29 is 36.7 Å². The van der Waals surface area contributed by atoms with Crippen LogP contribution in [0.5, 0.6) is 0 Å². The highest BCUT2D eigenvalue weighted by Gasteiger charge is 2.33. The van der Waals surface area contributed by atoms with Gasteiger partial charge in [0.15, 0.2) is 6.61 Å². The number of nitrogens with one attached hydrogen (secondary N) is 1. The highest BCUT2D eigenvalue weighted by atomic mass is 32.2. The van der Waals surface area contributed by atoms with E-state index in [2.05, 4.69) is 5.32 Å². The highest BCUT2D eigenvalue weighted by molar-refractivity contribution is 7.89. The van der Waals surface area contributed by atoms with Crippen LogP contribution in [0.2, 0.25) is 0 Å². The molecule has 3 rings (SSSR count). The Labute approximate surface area is 195 Å². The van der Waals surface area contributed by atoms with Gasteiger partial charge in [-0.2, -0.15) is 4.31 Å². The Morgan fingerprint density at radius 3 is 2.32 bits per heavy atom. The third-order valence-electron chi connectivity index (χ3n) is 5.21. The summed E-state index contributed by atoms with van der Waals surface area (Å²) in [5, 5.41) is 2.41. The molecule has 3 amide bonds. The maximum atomic E-state index is 14.2. The molecule has 0 saturated carbocycles. The average Bonchev–Trinajstić information content (AvgIpc) is 3.02. The summed E-state index contributed by atoms with van der Waals surface area (Å²) < 4.78 is 45.5. The van der Waals surface area contributed by atoms with E-state index in [-0.39, 0.29) is 34.8 Å². The van der Waals surface area contributed by atoms with E-state index in [1.54, 1.807) is 13.8 Å². The lowest BCUT2D eigenvalue weighted by Gasteiger charge is -2.18. The lowest BCUT2D eigenvalue weighted by Crippen LogP contribution is -2.30. The van der Waals surface area contributed by atoms with Crippen molar-refractivity contribution in [3.8, 4) is 0 Å². The second-order valence-electron chi connectivity index (χ2n) is 7.28. The van der Waals surface area contributed by atoms with Crippen LogP contribution in [0, 0.1) is 5.82 Å². The molecular formula is C22H22FN3O7S. The Kier molecular flexibility index (Phi) is 7.12. The van der Waals surface area contributed by atoms with Gasteiger partial charge in [-0.15, -0.1) is 0 Å². The van der Waals surface area contributed by atoms with Crippen LogP contribution in [-0.2, 0) is 19.6 Å². The Morgan fingerprint density at radius 2 is 1.68 bits per heavy atom. The number of esters is 1. The number of nitrogens with zero attached hydrogens (tertiary/aromatic N) is 2. The Hall–Kier alpha value is -3.64. The molecule has 12 heteroatoms. The summed E-state index contributed by atoms with van der Waals surface area (Å²) in [7, 11) is -2.60. The standard InChI is InChI=1S/C22H22FN3O7S/c1-4-26(5-2)34(31,32)14-7-9-18(23)17(11-14)22(30)33-12-19(27)24-13-6-8-15-16(10-13)21(29)25(3)20(15)28/h6-11H,4-5,12H2,1-3H3,(H,24,27). The predicted octanol–water partition coefficient (Wildman–Crippen LogP) is 1.88. The second kappa shape index (κ2) is 9.69. The number of carbonyl (C=O) groups excluding carboxylic acids is 4. The summed E-state index contributed by atoms with van der Waals surface area (Å²) in [6.45, 7) is 2.87. The first kappa shape index (κ1) is 25.0. The number of sulfonamides is 1. The van der Waals surface area contributed by atoms with E-state index in [0.29, 0.717) is 0 Å². The van der Waals surface area contributed by atoms with E-state index in [0.717, 1.165) is 27.4 Å². The normalized spacial score (nSPS) is 13.3. The zero-order valence-corrected chi connectivity index (χ0v) is 19.4. The SMILES string of the molecule is CCN(CC)S(=O)(=O)c1ccc(F)c(C(=O)OCC(=O)Nc2ccc3c(c2)C(=O)N(C)C3=O)c1. The fraction of sp³-hybridized carbons (Fsp3) is 0.273. The summed E-state index contributed by atoms with van der Waals surface area (Å²) in [5.74, 6) is -3.99. The summed E-state index contributed by atoms with van der Waals surface area (Å²) in [5.41, 5.74) is -0.122. The number of rotatable bonds is 8. The molecule has 2 aromatic carbocycles. The molecule has 0 spiro atoms. The predicted molar refractivity (Wildman–Crippen MR) is 118 cm³/mol. The smallest absolute Gasteiger partial charge is 0.341 e. The summed E-state index contributed by atoms with van der Waals surface area (Å²) >= 11 is 0. The van der Waals surface area contributed by atoms with Gasteiger partial charge in [0, 0.05) is 25.8 Å². The minimum absolute atomic E-state index is 0.121. The van der Waals surface area contributed by atoms with E-state index in [1.807, 2.05) is 0 Å². The monoisotopic (exact) mass is 491 g/mol. The zero-order valence-electron chi connectivity index (χ0n) is 18.6. The minimum Gasteiger partial charge on any atom is -0.452 e. The molecule has 1 heterocycles. The molecular weight excluding hydrogens is 469 g/mol. The van der Waals surface area contributed by atoms with E-state index in [1.165, 1.54) is 25.2 Å². The molecule has 1 N–H and O–H groups in total. The number of carbonyl (C=O) groups is 4. The number of halogens is 1. The number of ether oxygens (including phenoxy) is 1. The molecule has 0 aliphatic carbocycles. The average molecular weight is 491 g/mol. The van der Waals surface area contributed by atoms with Crippen LogP contribution in [0.25, 0.3) is 0 Å². The molecule has 0 aromatic heterocycles. The number of fused-ring (bicyclic) bond motifs is 1. The molecule has 34 heavy (non-hydrogen) atoms. The van der Waals surface area contributed by atoms with Crippen LogP contribution >= 0.6 is 0 Å². The van der Waals surface area contributed by atoms with Gasteiger partial charge >= 0.3 is 5.97 Å². The van der Waals surface area contributed by atoms with Crippen LogP contribution in [0.4, 0.5) is 10.1 Å². The fourth-order valence-corrected chi connectivity index (χ4v) is 4.86. The fourth-order valence-electron chi connectivity index (χ4n) is 3.38. The van der Waals surface area contributed by atoms with Crippen molar-refractivity contribution in [2.45, 2.75) is 18.7 Å². The van der Waals surface area contributed by atoms with Crippen molar-refractivity contribution in [2.24, 2.45) is 0 Å². The van der Waals surface area contributed by atoms with Crippen molar-refractivity contribution in [3.63, 3.8) is 0 Å². The molecule has 2 aromatic rings. The van der Waals surface area contributed by atoms with Crippen molar-refractivity contribution >= 4 is 39.4 Å². The van der Waals surface area contributed by atoms with E-state index in [4.69, 9.17) is 4.74 Å². The number of hydrogen-bond donors (Lipinski definition) is 1. The number of hydrogen-bond acceptors (Lipinski definition) is 7. The molecule has 10 nitrogen and oxygen atoms in total. The largest absolute Gasteiger partial charge is 0.452 e. The third kappa shape index (κ3) is 4.68. The molecule has 0 unspecified atom stereocenters. The summed E-state index contributed by atoms with van der Waals surface area (Å²) in [6.07, 6.45) is 0. The van der Waals surface area contributed by atoms with Gasteiger partial charge in [0.25, 0.3) is 17.7 Å². The second-order valence-corrected chi connectivity index (χ2v) is 9.22. The first-order valence-electron chi connectivity index (χ1n) is 10.2. The lowest BCUT2D eigenvalue weighted by molar-refractivity contribution is -0.119. The topological polar surface area (TPSA) is 130 Å². The van der Waals surface area contributed by atoms with Gasteiger partial charge in [-0.25, -0.2) is 17.6 Å². The number of anilines is 1. The molecule has 0 radical (unpaired) electrons. The molecule has 1 aliphatic heterocycles. The molecule has 0 saturated heterocycles. The zero-order chi connectivity index (χ0) is 25.2. The van der Waals surface area contributed by atoms with Crippen LogP contribution in [0.15, 0.2) is 41.3 Å². The van der Waals surface area contributed by atoms with E-state index >= 15 is 0 Å². The van der Waals surface area contributed by atoms with Gasteiger partial charge in [-0.05, 0) is 36.4 Å². The minimum atomic E-state index is -3.94. The molecule has 0 atom stereocenters. The number of amides is 3. The van der Waals surface area contributed by atoms with Crippen LogP contribution in [-0.4, -0.2) is 68.1 Å². The first-order chi connectivity index (χ1) is 16.0. The van der Waals surface area contributed by atoms with Crippen LogP contribution in [0.3, 0.4) is 0 Å². The molecule has 1 aliphatic rings. The quantitative estimate of drug-likeness (QED) is 0.441. The molecule has 0 bridgehead atoms. The number of imide groups is 1. The Balaban J connectivity index is 1.69. The van der Waals surface area contributed by atoms with Gasteiger partial charge < -0.3 is 10.1 Å². The Bertz CT molecular complexity index is 1290. The van der Waals surface area contributed by atoms with E-state index in [9.17, 15) is 32.0 Å². The molecule has 0 fully saturated rings. The van der Waals surface area contributed by atoms with Gasteiger partial charge in [0.1, 0.15) is 5.82 Å². The van der Waals surface area contributed by atoms with Gasteiger partial charge in [0.05, 0.1) is 21.6 Å². The maximum Gasteiger partial charge on any atom is 0.341 e. The van der Waals surface area contributed by atoms with Crippen molar-refractivity contribution in [3.05, 3.63) is 58.9 Å². The lowest BCUT2D eigenvalue weighted by atomic mass is 10.1. The number of benzene rings is 2. The third-order valence-corrected chi connectivity index (χ3v) is 7.25. The van der Waals surface area contributed by atoms with Crippen molar-refractivity contribution in [1.29, 1.82) is 0 Å². The first-order valence-corrected chi connectivity index (χ1v) is 11.7. The van der Waals surface area contributed by atoms with Crippen LogP contribution in [0.1, 0.15) is 44.9 Å². The highest BCUT2D eigenvalue weighted by Crippen LogP contribution is 2.25. The summed E-state index contributed by atoms with van der Waals surface area (Å²) in [6, 6.07) is 6.86. The maximum absolute atomic E-state index is 14.2. The van der Waals surface area contributed by atoms with Crippen molar-refractivity contribution in [1.82, 2.24) is 9.21 Å². The van der Waals surface area contributed by atoms with Crippen molar-refractivity contribution in [2.75, 3.05) is 32.1 Å². The summed E-state index contributed by atoms with van der Waals surface area (Å²) in [4.78, 5) is 49.2.